The Morgan fingerprint density at radius 3 is 2.48 bits per heavy atom. The van der Waals surface area contributed by atoms with E-state index in [-0.39, 0.29) is 12.1 Å². The molecule has 0 aliphatic heterocycles. The van der Waals surface area contributed by atoms with Crippen molar-refractivity contribution in [3.63, 3.8) is 0 Å². The number of hydrogen-bond donors (Lipinski definition) is 2. The molecule has 2 amide bonds. The monoisotopic (exact) mass is 344 g/mol. The molecule has 1 atom stereocenters. The van der Waals surface area contributed by atoms with Gasteiger partial charge in [0.1, 0.15) is 0 Å². The number of aryl methyl sites for hydroxylation is 2. The standard InChI is InChI=1S/C20H32N4O/c1-14-12-21-13-24(14)5-3-4-22-19(25)23-15(2)20-9-16-6-17(10-20)8-18(7-16)11-20/h12-13,15-18H,3-11H2,1-2H3,(H2,22,23,25). The van der Waals surface area contributed by atoms with Crippen molar-refractivity contribution in [3.05, 3.63) is 18.2 Å². The second kappa shape index (κ2) is 6.65. The summed E-state index contributed by atoms with van der Waals surface area (Å²) < 4.78 is 2.12. The van der Waals surface area contributed by atoms with Crippen LogP contribution in [-0.2, 0) is 6.54 Å². The van der Waals surface area contributed by atoms with Crippen molar-refractivity contribution in [1.82, 2.24) is 20.2 Å². The normalized spacial score (nSPS) is 34.1. The molecule has 25 heavy (non-hydrogen) atoms. The molecule has 5 rings (SSSR count). The molecule has 1 heterocycles. The third kappa shape index (κ3) is 3.42. The maximum Gasteiger partial charge on any atom is 0.315 e. The van der Waals surface area contributed by atoms with Crippen LogP contribution in [0.1, 0.15) is 57.6 Å². The molecular formula is C20H32N4O. The first-order valence-electron chi connectivity index (χ1n) is 10.1. The maximum atomic E-state index is 12.3. The number of amides is 2. The highest BCUT2D eigenvalue weighted by Gasteiger charge is 2.53. The molecule has 1 aromatic heterocycles. The molecule has 4 aliphatic carbocycles. The van der Waals surface area contributed by atoms with Gasteiger partial charge in [-0.1, -0.05) is 0 Å². The molecule has 138 valence electrons. The van der Waals surface area contributed by atoms with Gasteiger partial charge < -0.3 is 15.2 Å². The summed E-state index contributed by atoms with van der Waals surface area (Å²) in [6.45, 7) is 5.90. The van der Waals surface area contributed by atoms with Crippen LogP contribution in [0.25, 0.3) is 0 Å². The van der Waals surface area contributed by atoms with E-state index in [4.69, 9.17) is 0 Å². The Bertz CT molecular complexity index is 588. The molecule has 4 bridgehead atoms. The van der Waals surface area contributed by atoms with Crippen molar-refractivity contribution in [2.75, 3.05) is 6.54 Å². The predicted octanol–water partition coefficient (Wildman–Crippen LogP) is 3.49. The van der Waals surface area contributed by atoms with Crippen LogP contribution < -0.4 is 10.6 Å². The molecule has 1 unspecified atom stereocenters. The van der Waals surface area contributed by atoms with Crippen LogP contribution in [0.5, 0.6) is 0 Å². The molecule has 4 aliphatic rings. The Morgan fingerprint density at radius 2 is 1.92 bits per heavy atom. The van der Waals surface area contributed by atoms with Gasteiger partial charge in [0, 0.05) is 31.0 Å². The van der Waals surface area contributed by atoms with Gasteiger partial charge in [-0.3, -0.25) is 0 Å². The summed E-state index contributed by atoms with van der Waals surface area (Å²) in [5, 5.41) is 6.32. The topological polar surface area (TPSA) is 59.0 Å². The van der Waals surface area contributed by atoms with Crippen molar-refractivity contribution in [2.24, 2.45) is 23.2 Å². The van der Waals surface area contributed by atoms with Crippen LogP contribution >= 0.6 is 0 Å². The average Bonchev–Trinajstić information content (AvgIpc) is 2.95. The quantitative estimate of drug-likeness (QED) is 0.776. The number of carbonyl (C=O) groups excluding carboxylic acids is 1. The summed E-state index contributed by atoms with van der Waals surface area (Å²) in [4.78, 5) is 16.5. The molecule has 5 nitrogen and oxygen atoms in total. The molecule has 0 radical (unpaired) electrons. The zero-order chi connectivity index (χ0) is 17.4. The molecule has 1 aromatic rings. The van der Waals surface area contributed by atoms with Gasteiger partial charge >= 0.3 is 6.03 Å². The number of aromatic nitrogens is 2. The van der Waals surface area contributed by atoms with Crippen LogP contribution in [0, 0.1) is 30.1 Å². The summed E-state index contributed by atoms with van der Waals surface area (Å²) in [6.07, 6.45) is 13.0. The summed E-state index contributed by atoms with van der Waals surface area (Å²) in [7, 11) is 0. The zero-order valence-electron chi connectivity index (χ0n) is 15.6. The van der Waals surface area contributed by atoms with E-state index < -0.39 is 0 Å². The van der Waals surface area contributed by atoms with Gasteiger partial charge in [-0.2, -0.15) is 0 Å². The number of nitrogens with one attached hydrogen (secondary N) is 2. The van der Waals surface area contributed by atoms with Crippen molar-refractivity contribution >= 4 is 6.03 Å². The Kier molecular flexibility index (Phi) is 4.50. The molecule has 5 heteroatoms. The molecular weight excluding hydrogens is 312 g/mol. The third-order valence-electron chi connectivity index (χ3n) is 7.13. The van der Waals surface area contributed by atoms with Crippen LogP contribution in [0.2, 0.25) is 0 Å². The van der Waals surface area contributed by atoms with E-state index in [9.17, 15) is 4.79 Å². The highest BCUT2D eigenvalue weighted by Crippen LogP contribution is 2.61. The van der Waals surface area contributed by atoms with Crippen LogP contribution in [0.15, 0.2) is 12.5 Å². The van der Waals surface area contributed by atoms with Crippen molar-refractivity contribution < 1.29 is 4.79 Å². The lowest BCUT2D eigenvalue weighted by Gasteiger charge is -2.59. The number of hydrogen-bond acceptors (Lipinski definition) is 2. The number of imidazole rings is 1. The first kappa shape index (κ1) is 16.9. The lowest BCUT2D eigenvalue weighted by atomic mass is 9.48. The second-order valence-corrected chi connectivity index (χ2v) is 8.98. The number of carbonyl (C=O) groups is 1. The first-order valence-corrected chi connectivity index (χ1v) is 10.1. The zero-order valence-corrected chi connectivity index (χ0v) is 15.6. The lowest BCUT2D eigenvalue weighted by molar-refractivity contribution is -0.0682. The van der Waals surface area contributed by atoms with Gasteiger partial charge in [-0.25, -0.2) is 9.78 Å². The van der Waals surface area contributed by atoms with E-state index in [2.05, 4.69) is 34.0 Å². The molecule has 0 aromatic carbocycles. The summed E-state index contributed by atoms with van der Waals surface area (Å²) in [5.41, 5.74) is 1.54. The molecule has 4 fully saturated rings. The maximum absolute atomic E-state index is 12.3. The number of rotatable bonds is 6. The van der Waals surface area contributed by atoms with Gasteiger partial charge in [-0.05, 0) is 82.0 Å². The number of nitrogens with zero attached hydrogens (tertiary/aromatic N) is 2. The number of urea groups is 1. The van der Waals surface area contributed by atoms with Crippen LogP contribution in [0.4, 0.5) is 4.79 Å². The van der Waals surface area contributed by atoms with E-state index >= 15 is 0 Å². The third-order valence-corrected chi connectivity index (χ3v) is 7.13. The minimum atomic E-state index is 0.00518. The average molecular weight is 345 g/mol. The Labute approximate surface area is 151 Å². The fourth-order valence-corrected chi connectivity index (χ4v) is 6.18. The fourth-order valence-electron chi connectivity index (χ4n) is 6.18. The Balaban J connectivity index is 1.23. The second-order valence-electron chi connectivity index (χ2n) is 8.98. The minimum Gasteiger partial charge on any atom is -0.338 e. The lowest BCUT2D eigenvalue weighted by Crippen LogP contribution is -2.57. The van der Waals surface area contributed by atoms with Gasteiger partial charge in [-0.15, -0.1) is 0 Å². The predicted molar refractivity (Wildman–Crippen MR) is 98.2 cm³/mol. The van der Waals surface area contributed by atoms with E-state index in [1.54, 1.807) is 0 Å². The SMILES string of the molecule is Cc1cncn1CCCNC(=O)NC(C)C12CC3CC(CC(C3)C1)C2. The van der Waals surface area contributed by atoms with Crippen molar-refractivity contribution in [1.29, 1.82) is 0 Å². The summed E-state index contributed by atoms with van der Waals surface area (Å²) >= 11 is 0. The van der Waals surface area contributed by atoms with Gasteiger partial charge in [0.25, 0.3) is 0 Å². The molecule has 4 saturated carbocycles. The van der Waals surface area contributed by atoms with E-state index in [0.717, 1.165) is 30.7 Å². The van der Waals surface area contributed by atoms with Crippen molar-refractivity contribution in [2.45, 2.75) is 71.4 Å². The Morgan fingerprint density at radius 1 is 1.28 bits per heavy atom. The highest BCUT2D eigenvalue weighted by atomic mass is 16.2. The van der Waals surface area contributed by atoms with Gasteiger partial charge in [0.15, 0.2) is 0 Å². The molecule has 2 N–H and O–H groups in total. The first-order chi connectivity index (χ1) is 12.0. The summed E-state index contributed by atoms with van der Waals surface area (Å²) in [6, 6.07) is 0.294. The highest BCUT2D eigenvalue weighted by molar-refractivity contribution is 5.74. The minimum absolute atomic E-state index is 0.00518. The van der Waals surface area contributed by atoms with E-state index in [1.807, 2.05) is 12.5 Å². The fraction of sp³-hybridized carbons (Fsp3) is 0.800. The van der Waals surface area contributed by atoms with Gasteiger partial charge in [0.2, 0.25) is 0 Å². The van der Waals surface area contributed by atoms with Gasteiger partial charge in [0.05, 0.1) is 6.33 Å². The van der Waals surface area contributed by atoms with Crippen molar-refractivity contribution in [3.8, 4) is 0 Å². The van der Waals surface area contributed by atoms with E-state index in [0.29, 0.717) is 12.0 Å². The smallest absolute Gasteiger partial charge is 0.315 e. The molecule has 0 saturated heterocycles. The summed E-state index contributed by atoms with van der Waals surface area (Å²) in [5.74, 6) is 2.78. The van der Waals surface area contributed by atoms with E-state index in [1.165, 1.54) is 44.2 Å². The largest absolute Gasteiger partial charge is 0.338 e. The molecule has 0 spiro atoms. The van der Waals surface area contributed by atoms with Crippen LogP contribution in [-0.4, -0.2) is 28.2 Å². The van der Waals surface area contributed by atoms with Crippen LogP contribution in [0.3, 0.4) is 0 Å². The Hall–Kier alpha value is -1.52.